The Balaban J connectivity index is 1.83. The molecular formula is C16H12N2S. The summed E-state index contributed by atoms with van der Waals surface area (Å²) in [6.07, 6.45) is 2.89. The monoisotopic (exact) mass is 264 g/mol. The maximum Gasteiger partial charge on any atom is 0.0983 e. The summed E-state index contributed by atoms with van der Waals surface area (Å²) in [5.74, 6) is 0. The van der Waals surface area contributed by atoms with Crippen LogP contribution in [0.25, 0.3) is 21.1 Å². The number of fused-ring (bicyclic) bond motifs is 3. The number of hydrogen-bond acceptors (Lipinski definition) is 2. The lowest BCUT2D eigenvalue weighted by molar-refractivity contribution is 1.16. The molecule has 4 rings (SSSR count). The van der Waals surface area contributed by atoms with Gasteiger partial charge in [-0.1, -0.05) is 36.4 Å². The van der Waals surface area contributed by atoms with E-state index in [1.54, 1.807) is 11.3 Å². The number of nitrogens with one attached hydrogen (secondary N) is 1. The molecule has 0 aliphatic heterocycles. The molecule has 92 valence electrons. The lowest BCUT2D eigenvalue weighted by atomic mass is 10.2. The molecule has 2 aromatic carbocycles. The molecule has 0 aliphatic rings. The Morgan fingerprint density at radius 1 is 1.00 bits per heavy atom. The van der Waals surface area contributed by atoms with Crippen LogP contribution in [0.1, 0.15) is 10.6 Å². The molecule has 2 aromatic heterocycles. The van der Waals surface area contributed by atoms with E-state index in [9.17, 15) is 0 Å². The zero-order valence-electron chi connectivity index (χ0n) is 10.3. The highest BCUT2D eigenvalue weighted by Crippen LogP contribution is 2.30. The second kappa shape index (κ2) is 4.21. The van der Waals surface area contributed by atoms with Crippen molar-refractivity contribution in [2.75, 3.05) is 0 Å². The van der Waals surface area contributed by atoms with Crippen LogP contribution < -0.4 is 0 Å². The first kappa shape index (κ1) is 10.8. The van der Waals surface area contributed by atoms with E-state index in [4.69, 9.17) is 4.98 Å². The fourth-order valence-corrected chi connectivity index (χ4v) is 3.52. The van der Waals surface area contributed by atoms with Gasteiger partial charge in [0.1, 0.15) is 0 Å². The molecule has 1 N–H and O–H groups in total. The van der Waals surface area contributed by atoms with Crippen molar-refractivity contribution in [3.63, 3.8) is 0 Å². The smallest absolute Gasteiger partial charge is 0.0983 e. The maximum absolute atomic E-state index is 4.74. The minimum Gasteiger partial charge on any atom is -0.360 e. The van der Waals surface area contributed by atoms with Crippen molar-refractivity contribution < 1.29 is 0 Å². The van der Waals surface area contributed by atoms with E-state index in [0.717, 1.165) is 11.9 Å². The second-order valence-corrected chi connectivity index (χ2v) is 5.71. The van der Waals surface area contributed by atoms with Gasteiger partial charge in [0.2, 0.25) is 0 Å². The second-order valence-electron chi connectivity index (χ2n) is 4.63. The summed E-state index contributed by atoms with van der Waals surface area (Å²) in [4.78, 5) is 8.05. The zero-order valence-corrected chi connectivity index (χ0v) is 11.1. The first-order valence-electron chi connectivity index (χ1n) is 6.29. The molecule has 0 saturated carbocycles. The van der Waals surface area contributed by atoms with Gasteiger partial charge in [-0.3, -0.25) is 0 Å². The molecule has 2 nitrogen and oxygen atoms in total. The van der Waals surface area contributed by atoms with Crippen LogP contribution in [-0.2, 0) is 6.42 Å². The summed E-state index contributed by atoms with van der Waals surface area (Å²) >= 11 is 1.78. The molecule has 19 heavy (non-hydrogen) atoms. The van der Waals surface area contributed by atoms with Gasteiger partial charge in [-0.05, 0) is 17.7 Å². The lowest BCUT2D eigenvalue weighted by Crippen LogP contribution is -1.85. The highest BCUT2D eigenvalue weighted by molar-refractivity contribution is 7.19. The molecule has 0 fully saturated rings. The third kappa shape index (κ3) is 1.83. The molecule has 3 heteroatoms. The maximum atomic E-state index is 4.74. The SMILES string of the molecule is c1ccc(Cc2nc3ccc4cc[nH]c4c3s2)cc1. The predicted octanol–water partition coefficient (Wildman–Crippen LogP) is 4.37. The average Bonchev–Trinajstić information content (AvgIpc) is 3.04. The summed E-state index contributed by atoms with van der Waals surface area (Å²) in [7, 11) is 0. The molecule has 0 unspecified atom stereocenters. The summed E-state index contributed by atoms with van der Waals surface area (Å²) in [5.41, 5.74) is 3.60. The van der Waals surface area contributed by atoms with Crippen LogP contribution in [0.2, 0.25) is 0 Å². The van der Waals surface area contributed by atoms with Gasteiger partial charge in [0.05, 0.1) is 20.7 Å². The Morgan fingerprint density at radius 2 is 1.89 bits per heavy atom. The minimum absolute atomic E-state index is 0.905. The van der Waals surface area contributed by atoms with Crippen LogP contribution >= 0.6 is 11.3 Å². The lowest BCUT2D eigenvalue weighted by Gasteiger charge is -1.95. The van der Waals surface area contributed by atoms with Crippen molar-refractivity contribution in [1.82, 2.24) is 9.97 Å². The molecule has 4 aromatic rings. The Hall–Kier alpha value is -2.13. The van der Waals surface area contributed by atoms with E-state index in [-0.39, 0.29) is 0 Å². The summed E-state index contributed by atoms with van der Waals surface area (Å²) in [6, 6.07) is 16.8. The molecule has 2 heterocycles. The van der Waals surface area contributed by atoms with E-state index >= 15 is 0 Å². The summed E-state index contributed by atoms with van der Waals surface area (Å²) in [6.45, 7) is 0. The van der Waals surface area contributed by atoms with Crippen LogP contribution in [0.15, 0.2) is 54.7 Å². The third-order valence-corrected chi connectivity index (χ3v) is 4.41. The quantitative estimate of drug-likeness (QED) is 0.572. The van der Waals surface area contributed by atoms with Crippen molar-refractivity contribution in [3.05, 3.63) is 65.3 Å². The van der Waals surface area contributed by atoms with E-state index < -0.39 is 0 Å². The number of benzene rings is 2. The molecule has 0 spiro atoms. The largest absolute Gasteiger partial charge is 0.360 e. The average molecular weight is 264 g/mol. The van der Waals surface area contributed by atoms with Crippen molar-refractivity contribution in [2.45, 2.75) is 6.42 Å². The molecule has 0 bridgehead atoms. The van der Waals surface area contributed by atoms with Gasteiger partial charge in [-0.15, -0.1) is 11.3 Å². The highest BCUT2D eigenvalue weighted by atomic mass is 32.1. The van der Waals surface area contributed by atoms with E-state index in [1.807, 2.05) is 12.3 Å². The summed E-state index contributed by atoms with van der Waals surface area (Å²) < 4.78 is 1.26. The van der Waals surface area contributed by atoms with Crippen molar-refractivity contribution in [1.29, 1.82) is 0 Å². The van der Waals surface area contributed by atoms with Gasteiger partial charge in [-0.2, -0.15) is 0 Å². The molecule has 0 saturated heterocycles. The van der Waals surface area contributed by atoms with Crippen molar-refractivity contribution in [2.24, 2.45) is 0 Å². The van der Waals surface area contributed by atoms with Crippen molar-refractivity contribution >= 4 is 32.5 Å². The van der Waals surface area contributed by atoms with E-state index in [1.165, 1.54) is 26.2 Å². The number of rotatable bonds is 2. The third-order valence-electron chi connectivity index (χ3n) is 3.32. The minimum atomic E-state index is 0.905. The van der Waals surface area contributed by atoms with Gasteiger partial charge in [0.25, 0.3) is 0 Å². The Labute approximate surface area is 114 Å². The first-order valence-corrected chi connectivity index (χ1v) is 7.11. The van der Waals surface area contributed by atoms with Crippen LogP contribution in [-0.4, -0.2) is 9.97 Å². The van der Waals surface area contributed by atoms with Gasteiger partial charge < -0.3 is 4.98 Å². The predicted molar refractivity (Wildman–Crippen MR) is 80.7 cm³/mol. The fraction of sp³-hybridized carbons (Fsp3) is 0.0625. The molecule has 0 aliphatic carbocycles. The Morgan fingerprint density at radius 3 is 2.79 bits per heavy atom. The van der Waals surface area contributed by atoms with Gasteiger partial charge in [-0.25, -0.2) is 4.98 Å². The molecule has 0 amide bonds. The Bertz CT molecular complexity index is 843. The number of aromatic amines is 1. The molecular weight excluding hydrogens is 252 g/mol. The Kier molecular flexibility index (Phi) is 2.38. The van der Waals surface area contributed by atoms with Gasteiger partial charge in [0, 0.05) is 18.0 Å². The zero-order chi connectivity index (χ0) is 12.7. The molecule has 0 atom stereocenters. The standard InChI is InChI=1S/C16H12N2S/c1-2-4-11(5-3-1)10-14-18-13-7-6-12-8-9-17-15(12)16(13)19-14/h1-9,17H,10H2. The summed E-state index contributed by atoms with van der Waals surface area (Å²) in [5, 5.41) is 2.42. The highest BCUT2D eigenvalue weighted by Gasteiger charge is 2.08. The number of hydrogen-bond donors (Lipinski definition) is 1. The number of thiazole rings is 1. The van der Waals surface area contributed by atoms with Gasteiger partial charge in [0.15, 0.2) is 0 Å². The van der Waals surface area contributed by atoms with Crippen molar-refractivity contribution in [3.8, 4) is 0 Å². The normalized spacial score (nSPS) is 11.4. The van der Waals surface area contributed by atoms with Crippen LogP contribution in [0.3, 0.4) is 0 Å². The fourth-order valence-electron chi connectivity index (χ4n) is 2.40. The number of H-pyrrole nitrogens is 1. The number of aromatic nitrogens is 2. The first-order chi connectivity index (χ1) is 9.40. The van der Waals surface area contributed by atoms with Crippen LogP contribution in [0, 0.1) is 0 Å². The topological polar surface area (TPSA) is 28.7 Å². The van der Waals surface area contributed by atoms with E-state index in [2.05, 4.69) is 47.4 Å². The van der Waals surface area contributed by atoms with Gasteiger partial charge >= 0.3 is 0 Å². The number of nitrogens with zero attached hydrogens (tertiary/aromatic N) is 1. The molecule has 0 radical (unpaired) electrons. The van der Waals surface area contributed by atoms with Crippen LogP contribution in [0.4, 0.5) is 0 Å². The van der Waals surface area contributed by atoms with Crippen LogP contribution in [0.5, 0.6) is 0 Å². The van der Waals surface area contributed by atoms with E-state index in [0.29, 0.717) is 0 Å².